The van der Waals surface area contributed by atoms with Gasteiger partial charge < -0.3 is 26.8 Å². The first-order chi connectivity index (χ1) is 9.51. The van der Waals surface area contributed by atoms with Gasteiger partial charge in [-0.15, -0.1) is 37.2 Å². The zero-order valence-corrected chi connectivity index (χ0v) is 17.8. The highest BCUT2D eigenvalue weighted by molar-refractivity contribution is 5.86. The summed E-state index contributed by atoms with van der Waals surface area (Å²) in [6, 6.07) is 0. The predicted molar refractivity (Wildman–Crippen MR) is 109 cm³/mol. The van der Waals surface area contributed by atoms with Crippen molar-refractivity contribution < 1.29 is 9.90 Å². The summed E-state index contributed by atoms with van der Waals surface area (Å²) in [5, 5.41) is 12.5. The summed E-state index contributed by atoms with van der Waals surface area (Å²) in [6.45, 7) is 10.7. The van der Waals surface area contributed by atoms with Gasteiger partial charge in [-0.2, -0.15) is 0 Å². The molecule has 0 radical (unpaired) electrons. The summed E-state index contributed by atoms with van der Waals surface area (Å²) in [5.74, 6) is 0. The molecule has 0 saturated heterocycles. The van der Waals surface area contributed by atoms with Crippen molar-refractivity contribution in [2.45, 2.75) is 64.5 Å². The highest BCUT2D eigenvalue weighted by Crippen LogP contribution is 2.07. The summed E-state index contributed by atoms with van der Waals surface area (Å²) in [4.78, 5) is 12.6. The number of carboxylic acid groups (broad SMARTS) is 1. The molecule has 1 amide bonds. The van der Waals surface area contributed by atoms with Crippen LogP contribution < -0.4 is 16.8 Å². The first kappa shape index (κ1) is 31.8. The van der Waals surface area contributed by atoms with Gasteiger partial charge in [-0.3, -0.25) is 0 Å². The Bertz CT molecular complexity index is 308. The van der Waals surface area contributed by atoms with Crippen molar-refractivity contribution in [2.24, 2.45) is 11.5 Å². The van der Waals surface area contributed by atoms with Crippen LogP contribution in [-0.4, -0.2) is 53.4 Å². The van der Waals surface area contributed by atoms with Crippen molar-refractivity contribution in [1.82, 2.24) is 10.2 Å². The molecule has 0 saturated carbocycles. The number of nitrogens with zero attached hydrogens (tertiary/aromatic N) is 1. The van der Waals surface area contributed by atoms with Gasteiger partial charge in [-0.1, -0.05) is 0 Å². The molecular formula is C15H37Cl3N4O2. The van der Waals surface area contributed by atoms with Crippen LogP contribution in [0.15, 0.2) is 0 Å². The van der Waals surface area contributed by atoms with Gasteiger partial charge in [0.2, 0.25) is 0 Å². The Kier molecular flexibility index (Phi) is 20.2. The molecule has 0 aliphatic rings. The van der Waals surface area contributed by atoms with Crippen molar-refractivity contribution in [1.29, 1.82) is 0 Å². The molecule has 0 spiro atoms. The van der Waals surface area contributed by atoms with E-state index in [1.165, 1.54) is 4.90 Å². The molecule has 6 N–H and O–H groups in total. The lowest BCUT2D eigenvalue weighted by molar-refractivity contribution is 0.140. The Labute approximate surface area is 165 Å². The molecule has 0 aromatic rings. The normalized spacial score (nSPS) is 10.9. The SMILES string of the molecule is CC(C)(N)CCNCCCCN(CCC(C)(C)N)C(=O)O.Cl.Cl.Cl. The van der Waals surface area contributed by atoms with Gasteiger partial charge in [-0.25, -0.2) is 4.79 Å². The largest absolute Gasteiger partial charge is 0.465 e. The Hall–Kier alpha value is 0.0200. The molecule has 0 aliphatic carbocycles. The molecule has 6 nitrogen and oxygen atoms in total. The first-order valence-electron chi connectivity index (χ1n) is 7.78. The van der Waals surface area contributed by atoms with E-state index in [0.717, 1.165) is 32.4 Å². The molecule has 0 aliphatic heterocycles. The highest BCUT2D eigenvalue weighted by atomic mass is 35.5. The molecule has 0 atom stereocenters. The number of amides is 1. The molecule has 0 unspecified atom stereocenters. The van der Waals surface area contributed by atoms with E-state index in [9.17, 15) is 4.79 Å². The molecule has 150 valence electrons. The maximum Gasteiger partial charge on any atom is 0.407 e. The van der Waals surface area contributed by atoms with Crippen molar-refractivity contribution in [3.8, 4) is 0 Å². The summed E-state index contributed by atoms with van der Waals surface area (Å²) in [7, 11) is 0. The van der Waals surface area contributed by atoms with E-state index in [-0.39, 0.29) is 48.3 Å². The van der Waals surface area contributed by atoms with E-state index in [1.807, 2.05) is 27.7 Å². The van der Waals surface area contributed by atoms with Crippen LogP contribution in [0.4, 0.5) is 4.79 Å². The molecule has 0 aromatic heterocycles. The average Bonchev–Trinajstić information content (AvgIpc) is 2.28. The van der Waals surface area contributed by atoms with Crippen LogP contribution >= 0.6 is 37.2 Å². The fourth-order valence-electron chi connectivity index (χ4n) is 1.81. The topological polar surface area (TPSA) is 105 Å². The number of hydrogen-bond acceptors (Lipinski definition) is 4. The zero-order chi connectivity index (χ0) is 16.5. The Morgan fingerprint density at radius 2 is 1.42 bits per heavy atom. The van der Waals surface area contributed by atoms with Crippen LogP contribution in [0.2, 0.25) is 0 Å². The van der Waals surface area contributed by atoms with Gasteiger partial charge in [0.15, 0.2) is 0 Å². The number of nitrogens with one attached hydrogen (secondary N) is 1. The van der Waals surface area contributed by atoms with E-state index in [1.54, 1.807) is 0 Å². The molecule has 0 aromatic carbocycles. The number of rotatable bonds is 11. The minimum atomic E-state index is -0.864. The van der Waals surface area contributed by atoms with E-state index in [4.69, 9.17) is 16.6 Å². The summed E-state index contributed by atoms with van der Waals surface area (Å²) in [5.41, 5.74) is 11.3. The van der Waals surface area contributed by atoms with E-state index in [2.05, 4.69) is 5.32 Å². The van der Waals surface area contributed by atoms with Gasteiger partial charge in [0, 0.05) is 24.2 Å². The fraction of sp³-hybridized carbons (Fsp3) is 0.933. The predicted octanol–water partition coefficient (Wildman–Crippen LogP) is 2.86. The smallest absolute Gasteiger partial charge is 0.407 e. The van der Waals surface area contributed by atoms with Crippen molar-refractivity contribution in [2.75, 3.05) is 26.2 Å². The van der Waals surface area contributed by atoms with Crippen LogP contribution in [-0.2, 0) is 0 Å². The third-order valence-electron chi connectivity index (χ3n) is 3.27. The number of hydrogen-bond donors (Lipinski definition) is 4. The van der Waals surface area contributed by atoms with E-state index < -0.39 is 6.09 Å². The Balaban J connectivity index is -0.000000667. The molecular weight excluding hydrogens is 375 g/mol. The summed E-state index contributed by atoms with van der Waals surface area (Å²) >= 11 is 0. The minimum Gasteiger partial charge on any atom is -0.465 e. The van der Waals surface area contributed by atoms with Crippen molar-refractivity contribution in [3.05, 3.63) is 0 Å². The van der Waals surface area contributed by atoms with Gasteiger partial charge in [0.25, 0.3) is 0 Å². The first-order valence-corrected chi connectivity index (χ1v) is 7.78. The summed E-state index contributed by atoms with van der Waals surface area (Å²) < 4.78 is 0. The average molecular weight is 412 g/mol. The number of nitrogens with two attached hydrogens (primary N) is 2. The maximum atomic E-state index is 11.1. The second kappa shape index (κ2) is 15.3. The van der Waals surface area contributed by atoms with Gasteiger partial charge in [0.05, 0.1) is 0 Å². The number of halogens is 3. The minimum absolute atomic E-state index is 0. The second-order valence-corrected chi connectivity index (χ2v) is 7.20. The van der Waals surface area contributed by atoms with E-state index >= 15 is 0 Å². The van der Waals surface area contributed by atoms with Crippen molar-refractivity contribution >= 4 is 43.3 Å². The number of carbonyl (C=O) groups is 1. The van der Waals surface area contributed by atoms with Gasteiger partial charge in [0.1, 0.15) is 0 Å². The number of unbranched alkanes of at least 4 members (excludes halogenated alkanes) is 1. The molecule has 0 fully saturated rings. The van der Waals surface area contributed by atoms with E-state index in [0.29, 0.717) is 19.5 Å². The molecule has 0 heterocycles. The lowest BCUT2D eigenvalue weighted by Gasteiger charge is -2.24. The van der Waals surface area contributed by atoms with Crippen LogP contribution in [0.25, 0.3) is 0 Å². The Morgan fingerprint density at radius 3 is 1.83 bits per heavy atom. The zero-order valence-electron chi connectivity index (χ0n) is 15.3. The molecule has 24 heavy (non-hydrogen) atoms. The lowest BCUT2D eigenvalue weighted by atomic mass is 10.0. The quantitative estimate of drug-likeness (QED) is 0.391. The second-order valence-electron chi connectivity index (χ2n) is 7.20. The van der Waals surface area contributed by atoms with Gasteiger partial charge >= 0.3 is 6.09 Å². The fourth-order valence-corrected chi connectivity index (χ4v) is 1.81. The van der Waals surface area contributed by atoms with Crippen LogP contribution in [0, 0.1) is 0 Å². The molecule has 0 rings (SSSR count). The standard InChI is InChI=1S/C15H34N4O2.3ClH/c1-14(2,16)7-10-18-9-5-6-11-19(13(20)21)12-8-15(3,4)17;;;/h18H,5-12,16-17H2,1-4H3,(H,20,21);3*1H. The Morgan fingerprint density at radius 1 is 0.917 bits per heavy atom. The lowest BCUT2D eigenvalue weighted by Crippen LogP contribution is -2.39. The maximum absolute atomic E-state index is 11.1. The molecule has 9 heteroatoms. The van der Waals surface area contributed by atoms with Gasteiger partial charge in [-0.05, 0) is 66.5 Å². The molecule has 0 bridgehead atoms. The van der Waals surface area contributed by atoms with Crippen LogP contribution in [0.1, 0.15) is 53.4 Å². The monoisotopic (exact) mass is 410 g/mol. The van der Waals surface area contributed by atoms with Crippen LogP contribution in [0.5, 0.6) is 0 Å². The van der Waals surface area contributed by atoms with Crippen molar-refractivity contribution in [3.63, 3.8) is 0 Å². The third kappa shape index (κ3) is 22.0. The van der Waals surface area contributed by atoms with Crippen LogP contribution in [0.3, 0.4) is 0 Å². The third-order valence-corrected chi connectivity index (χ3v) is 3.27. The highest BCUT2D eigenvalue weighted by Gasteiger charge is 2.16. The summed E-state index contributed by atoms with van der Waals surface area (Å²) in [6.07, 6.45) is 2.55.